The first kappa shape index (κ1) is 35.3. The number of nitrogens with zero attached hydrogens (tertiary/aromatic N) is 3. The van der Waals surface area contributed by atoms with E-state index >= 15 is 0 Å². The molecule has 0 saturated heterocycles. The number of carbonyl (C=O) groups excluding carboxylic acids is 2. The van der Waals surface area contributed by atoms with Crippen molar-refractivity contribution in [1.82, 2.24) is 19.8 Å². The minimum atomic E-state index is -1.31. The van der Waals surface area contributed by atoms with E-state index in [1.807, 2.05) is 16.8 Å². The first-order chi connectivity index (χ1) is 19.5. The minimum Gasteiger partial charge on any atom is -0.480 e. The molecule has 0 fully saturated rings. The third-order valence-corrected chi connectivity index (χ3v) is 8.28. The molecule has 0 aliphatic heterocycles. The number of benzene rings is 1. The fourth-order valence-corrected chi connectivity index (χ4v) is 5.17. The van der Waals surface area contributed by atoms with E-state index in [0.29, 0.717) is 41.3 Å². The number of likely N-dealkylation sites (N-methyl/N-ethyl adjacent to an activating group) is 1. The second kappa shape index (κ2) is 15.5. The van der Waals surface area contributed by atoms with Gasteiger partial charge in [-0.1, -0.05) is 35.6 Å². The van der Waals surface area contributed by atoms with Crippen LogP contribution in [-0.2, 0) is 25.7 Å². The molecule has 0 radical (unpaired) electrons. The van der Waals surface area contributed by atoms with Gasteiger partial charge in [-0.2, -0.15) is 0 Å². The summed E-state index contributed by atoms with van der Waals surface area (Å²) in [6, 6.07) is 5.67. The summed E-state index contributed by atoms with van der Waals surface area (Å²) in [5.41, 5.74) is 1.20. The number of aliphatic carboxylic acids is 1. The quantitative estimate of drug-likeness (QED) is 0.168. The second-order valence-corrected chi connectivity index (χ2v) is 18.7. The summed E-state index contributed by atoms with van der Waals surface area (Å²) in [7, 11) is 1.69. The van der Waals surface area contributed by atoms with Gasteiger partial charge >= 0.3 is 18.2 Å². The summed E-state index contributed by atoms with van der Waals surface area (Å²) in [5, 5.41) is 14.8. The molecule has 234 valence electrons. The van der Waals surface area contributed by atoms with Crippen LogP contribution >= 0.6 is 15.9 Å². The number of hydrogen-bond acceptors (Lipinski definition) is 8. The second-order valence-electron chi connectivity index (χ2n) is 12.2. The highest BCUT2D eigenvalue weighted by atomic mass is 79.9. The van der Waals surface area contributed by atoms with Crippen LogP contribution in [0.2, 0.25) is 25.7 Å². The van der Waals surface area contributed by atoms with Crippen LogP contribution in [0.3, 0.4) is 0 Å². The molecule has 3 N–H and O–H groups in total. The highest BCUT2D eigenvalue weighted by molar-refractivity contribution is 9.10. The van der Waals surface area contributed by atoms with Crippen LogP contribution in [0.5, 0.6) is 0 Å². The summed E-state index contributed by atoms with van der Waals surface area (Å²) >= 11 is 3.58. The Bertz CT molecular complexity index is 1230. The number of rotatable bonds is 14. The van der Waals surface area contributed by atoms with Crippen molar-refractivity contribution in [2.75, 3.05) is 39.2 Å². The van der Waals surface area contributed by atoms with E-state index in [2.05, 4.69) is 50.9 Å². The van der Waals surface area contributed by atoms with Gasteiger partial charge in [0.15, 0.2) is 0 Å². The van der Waals surface area contributed by atoms with Crippen molar-refractivity contribution in [3.05, 3.63) is 34.7 Å². The first-order valence-electron chi connectivity index (χ1n) is 13.7. The standard InChI is InChI=1S/C28H44BrN5O7Si/c1-28(2,3)41-27(38)32-22(11-12-33(4)17-24(35)36)25-31-23(16-34(25)18-40-13-14-42(6,7)8)20-10-9-19(15-21(20)29)30-26(37)39-5/h9-10,15-16,22H,11-14,17-18H2,1-8H3,(H,30,37)(H,32,38)(H,35,36). The molecular formula is C28H44BrN5O7Si. The number of carboxylic acids is 1. The van der Waals surface area contributed by atoms with Crippen molar-refractivity contribution in [3.8, 4) is 11.3 Å². The SMILES string of the molecule is COC(=O)Nc1ccc(-c2cn(COCC[Si](C)(C)C)c(C(CCN(C)CC(=O)O)NC(=O)OC(C)(C)C)n2)c(Br)c1. The minimum absolute atomic E-state index is 0.141. The zero-order chi connectivity index (χ0) is 31.7. The molecular weight excluding hydrogens is 626 g/mol. The van der Waals surface area contributed by atoms with E-state index in [1.165, 1.54) is 7.11 Å². The third-order valence-electron chi connectivity index (χ3n) is 5.92. The van der Waals surface area contributed by atoms with E-state index in [-0.39, 0.29) is 13.3 Å². The van der Waals surface area contributed by atoms with Gasteiger partial charge in [0, 0.05) is 43.1 Å². The molecule has 42 heavy (non-hydrogen) atoms. The molecule has 1 heterocycles. The van der Waals surface area contributed by atoms with Crippen LogP contribution in [0.15, 0.2) is 28.9 Å². The number of carbonyl (C=O) groups is 3. The Hall–Kier alpha value is -2.94. The first-order valence-corrected chi connectivity index (χ1v) is 18.2. The lowest BCUT2D eigenvalue weighted by Gasteiger charge is -2.25. The van der Waals surface area contributed by atoms with Crippen LogP contribution in [0, 0.1) is 0 Å². The van der Waals surface area contributed by atoms with Gasteiger partial charge in [-0.25, -0.2) is 14.6 Å². The fraction of sp³-hybridized carbons (Fsp3) is 0.571. The van der Waals surface area contributed by atoms with Gasteiger partial charge in [0.05, 0.1) is 25.4 Å². The average molecular weight is 671 g/mol. The molecule has 1 aromatic heterocycles. The summed E-state index contributed by atoms with van der Waals surface area (Å²) < 4.78 is 18.8. The number of methoxy groups -OCH3 is 1. The molecule has 0 spiro atoms. The smallest absolute Gasteiger partial charge is 0.411 e. The normalized spacial score (nSPS) is 12.6. The highest BCUT2D eigenvalue weighted by Crippen LogP contribution is 2.32. The Morgan fingerprint density at radius 2 is 1.88 bits per heavy atom. The molecule has 0 bridgehead atoms. The molecule has 0 aliphatic carbocycles. The predicted molar refractivity (Wildman–Crippen MR) is 167 cm³/mol. The molecule has 2 aromatic rings. The topological polar surface area (TPSA) is 144 Å². The number of halogens is 1. The maximum Gasteiger partial charge on any atom is 0.411 e. The van der Waals surface area contributed by atoms with Crippen molar-refractivity contribution in [2.24, 2.45) is 0 Å². The zero-order valence-corrected chi connectivity index (χ0v) is 28.3. The van der Waals surface area contributed by atoms with Crippen LogP contribution in [0.25, 0.3) is 11.3 Å². The maximum atomic E-state index is 12.9. The molecule has 14 heteroatoms. The van der Waals surface area contributed by atoms with Gasteiger partial charge < -0.3 is 29.2 Å². The van der Waals surface area contributed by atoms with Gasteiger partial charge in [-0.3, -0.25) is 15.0 Å². The molecule has 2 rings (SSSR count). The Morgan fingerprint density at radius 3 is 2.45 bits per heavy atom. The number of ether oxygens (including phenoxy) is 3. The molecule has 12 nitrogen and oxygen atoms in total. The van der Waals surface area contributed by atoms with Crippen molar-refractivity contribution < 1.29 is 33.7 Å². The monoisotopic (exact) mass is 669 g/mol. The van der Waals surface area contributed by atoms with Gasteiger partial charge in [0.2, 0.25) is 0 Å². The summed E-state index contributed by atoms with van der Waals surface area (Å²) in [5.74, 6) is -0.403. The molecule has 0 saturated carbocycles. The zero-order valence-electron chi connectivity index (χ0n) is 25.7. The maximum absolute atomic E-state index is 12.9. The van der Waals surface area contributed by atoms with Crippen molar-refractivity contribution >= 4 is 47.8 Å². The van der Waals surface area contributed by atoms with E-state index in [9.17, 15) is 19.5 Å². The average Bonchev–Trinajstić information content (AvgIpc) is 3.26. The van der Waals surface area contributed by atoms with Crippen LogP contribution < -0.4 is 10.6 Å². The number of hydrogen-bond donors (Lipinski definition) is 3. The van der Waals surface area contributed by atoms with Gasteiger partial charge in [-0.15, -0.1) is 0 Å². The Kier molecular flexibility index (Phi) is 13.0. The van der Waals surface area contributed by atoms with Gasteiger partial charge in [-0.05, 0) is 58.5 Å². The highest BCUT2D eigenvalue weighted by Gasteiger charge is 2.26. The van der Waals surface area contributed by atoms with E-state index in [1.54, 1.807) is 44.9 Å². The number of aromatic nitrogens is 2. The number of imidazole rings is 1. The number of carboxylic acid groups (broad SMARTS) is 1. The van der Waals surface area contributed by atoms with Crippen LogP contribution in [-0.4, -0.2) is 85.2 Å². The molecule has 1 unspecified atom stereocenters. The predicted octanol–water partition coefficient (Wildman–Crippen LogP) is 5.78. The Morgan fingerprint density at radius 1 is 1.19 bits per heavy atom. The van der Waals surface area contributed by atoms with Gasteiger partial charge in [0.25, 0.3) is 0 Å². The Balaban J connectivity index is 2.47. The molecule has 0 aliphatic rings. The van der Waals surface area contributed by atoms with Crippen LogP contribution in [0.4, 0.5) is 15.3 Å². The third kappa shape index (κ3) is 12.5. The summed E-state index contributed by atoms with van der Waals surface area (Å²) in [6.45, 7) is 13.2. The van der Waals surface area contributed by atoms with E-state index in [0.717, 1.165) is 11.6 Å². The van der Waals surface area contributed by atoms with E-state index < -0.39 is 37.9 Å². The lowest BCUT2D eigenvalue weighted by molar-refractivity contribution is -0.138. The largest absolute Gasteiger partial charge is 0.480 e. The lowest BCUT2D eigenvalue weighted by Crippen LogP contribution is -2.38. The number of alkyl carbamates (subject to hydrolysis) is 1. The van der Waals surface area contributed by atoms with Crippen molar-refractivity contribution in [2.45, 2.75) is 71.3 Å². The van der Waals surface area contributed by atoms with Crippen LogP contribution in [0.1, 0.15) is 39.1 Å². The number of amides is 2. The molecule has 1 aromatic carbocycles. The lowest BCUT2D eigenvalue weighted by atomic mass is 10.1. The molecule has 1 atom stereocenters. The van der Waals surface area contributed by atoms with Gasteiger partial charge in [0.1, 0.15) is 18.2 Å². The summed E-state index contributed by atoms with van der Waals surface area (Å²) in [4.78, 5) is 42.3. The fourth-order valence-electron chi connectivity index (χ4n) is 3.83. The van der Waals surface area contributed by atoms with Crippen molar-refractivity contribution in [1.29, 1.82) is 0 Å². The number of anilines is 1. The number of nitrogens with one attached hydrogen (secondary N) is 2. The van der Waals surface area contributed by atoms with E-state index in [4.69, 9.17) is 14.5 Å². The summed E-state index contributed by atoms with van der Waals surface area (Å²) in [6.07, 6.45) is 1.03. The van der Waals surface area contributed by atoms with Crippen molar-refractivity contribution in [3.63, 3.8) is 0 Å². The molecule has 2 amide bonds. The Labute approximate surface area is 257 Å².